The van der Waals surface area contributed by atoms with Crippen molar-refractivity contribution in [1.82, 2.24) is 29.8 Å². The Morgan fingerprint density at radius 1 is 1.20 bits per heavy atom. The van der Waals surface area contributed by atoms with Crippen LogP contribution >= 0.6 is 0 Å². The van der Waals surface area contributed by atoms with Gasteiger partial charge in [0.15, 0.2) is 0 Å². The first kappa shape index (κ1) is 20.4. The Balaban J connectivity index is 1.43. The van der Waals surface area contributed by atoms with Crippen molar-refractivity contribution in [3.8, 4) is 0 Å². The fourth-order valence-corrected chi connectivity index (χ4v) is 3.98. The summed E-state index contributed by atoms with van der Waals surface area (Å²) in [6, 6.07) is 10.1. The third-order valence-corrected chi connectivity index (χ3v) is 5.67. The van der Waals surface area contributed by atoms with Crippen LogP contribution in [-0.4, -0.2) is 63.2 Å². The largest absolute Gasteiger partial charge is 0.379 e. The van der Waals surface area contributed by atoms with Gasteiger partial charge in [-0.25, -0.2) is 9.50 Å². The molecule has 30 heavy (non-hydrogen) atoms. The molecule has 1 amide bonds. The molecule has 0 radical (unpaired) electrons. The molecule has 158 valence electrons. The second kappa shape index (κ2) is 9.32. The van der Waals surface area contributed by atoms with Gasteiger partial charge in [0.25, 0.3) is 5.78 Å². The van der Waals surface area contributed by atoms with Crippen LogP contribution in [0, 0.1) is 13.8 Å². The van der Waals surface area contributed by atoms with Crippen molar-refractivity contribution >= 4 is 11.7 Å². The standard InChI is InChI=1S/C22H28N6O2/c1-16-19(17(2)28-22(25-16)23-15-24-28)8-9-21(29)26-20(18-6-4-3-5-7-18)14-27-10-12-30-13-11-27/h3-7,15,20H,8-14H2,1-2H3,(H,26,29)/t20-/m0/s1. The van der Waals surface area contributed by atoms with E-state index in [1.165, 1.54) is 6.33 Å². The molecule has 4 rings (SSSR count). The maximum Gasteiger partial charge on any atom is 0.252 e. The van der Waals surface area contributed by atoms with Crippen molar-refractivity contribution in [2.75, 3.05) is 32.8 Å². The van der Waals surface area contributed by atoms with E-state index >= 15 is 0 Å². The van der Waals surface area contributed by atoms with Crippen molar-refractivity contribution in [3.05, 3.63) is 59.2 Å². The highest BCUT2D eigenvalue weighted by atomic mass is 16.5. The number of hydrogen-bond donors (Lipinski definition) is 1. The van der Waals surface area contributed by atoms with Gasteiger partial charge in [0.2, 0.25) is 5.91 Å². The Bertz CT molecular complexity index is 998. The lowest BCUT2D eigenvalue weighted by molar-refractivity contribution is -0.122. The molecular weight excluding hydrogens is 380 g/mol. The number of aromatic nitrogens is 4. The SMILES string of the molecule is Cc1nc2ncnn2c(C)c1CCC(=O)N[C@@H](CN1CCOCC1)c1ccccc1. The lowest BCUT2D eigenvalue weighted by Crippen LogP contribution is -2.43. The average molecular weight is 409 g/mol. The molecule has 1 aromatic carbocycles. The molecule has 3 aromatic rings. The minimum absolute atomic E-state index is 0.0367. The van der Waals surface area contributed by atoms with Crippen molar-refractivity contribution in [1.29, 1.82) is 0 Å². The minimum atomic E-state index is -0.0464. The number of fused-ring (bicyclic) bond motifs is 1. The van der Waals surface area contributed by atoms with E-state index in [1.54, 1.807) is 4.52 Å². The number of rotatable bonds is 7. The van der Waals surface area contributed by atoms with Crippen LogP contribution in [-0.2, 0) is 16.0 Å². The molecule has 0 saturated carbocycles. The first-order chi connectivity index (χ1) is 14.6. The zero-order valence-electron chi connectivity index (χ0n) is 17.5. The molecular formula is C22H28N6O2. The van der Waals surface area contributed by atoms with Crippen molar-refractivity contribution < 1.29 is 9.53 Å². The summed E-state index contributed by atoms with van der Waals surface area (Å²) in [5.74, 6) is 0.627. The van der Waals surface area contributed by atoms with Crippen LogP contribution in [0.15, 0.2) is 36.7 Å². The number of carbonyl (C=O) groups is 1. The predicted octanol–water partition coefficient (Wildman–Crippen LogP) is 1.86. The van der Waals surface area contributed by atoms with E-state index < -0.39 is 0 Å². The molecule has 0 aliphatic carbocycles. The van der Waals surface area contributed by atoms with Crippen LogP contribution in [0.3, 0.4) is 0 Å². The quantitative estimate of drug-likeness (QED) is 0.642. The number of ether oxygens (including phenoxy) is 1. The number of morpholine rings is 1. The lowest BCUT2D eigenvalue weighted by atomic mass is 10.0. The van der Waals surface area contributed by atoms with E-state index in [2.05, 4.69) is 37.4 Å². The van der Waals surface area contributed by atoms with Crippen LogP contribution in [0.25, 0.3) is 5.78 Å². The Hall–Kier alpha value is -2.84. The number of nitrogens with one attached hydrogen (secondary N) is 1. The molecule has 1 aliphatic rings. The highest BCUT2D eigenvalue weighted by Gasteiger charge is 2.20. The van der Waals surface area contributed by atoms with Gasteiger partial charge in [-0.2, -0.15) is 10.1 Å². The number of nitrogens with zero attached hydrogens (tertiary/aromatic N) is 5. The van der Waals surface area contributed by atoms with Crippen LogP contribution < -0.4 is 5.32 Å². The molecule has 1 saturated heterocycles. The topological polar surface area (TPSA) is 84.6 Å². The minimum Gasteiger partial charge on any atom is -0.379 e. The lowest BCUT2D eigenvalue weighted by Gasteiger charge is -2.31. The van der Waals surface area contributed by atoms with Crippen LogP contribution in [0.4, 0.5) is 0 Å². The highest BCUT2D eigenvalue weighted by Crippen LogP contribution is 2.18. The van der Waals surface area contributed by atoms with E-state index in [4.69, 9.17) is 4.74 Å². The summed E-state index contributed by atoms with van der Waals surface area (Å²) < 4.78 is 7.18. The van der Waals surface area contributed by atoms with Gasteiger partial charge in [0.05, 0.1) is 19.3 Å². The summed E-state index contributed by atoms with van der Waals surface area (Å²) >= 11 is 0. The van der Waals surface area contributed by atoms with Gasteiger partial charge in [-0.05, 0) is 31.4 Å². The number of amides is 1. The van der Waals surface area contributed by atoms with E-state index in [-0.39, 0.29) is 11.9 Å². The fourth-order valence-electron chi connectivity index (χ4n) is 3.98. The second-order valence-corrected chi connectivity index (χ2v) is 7.68. The van der Waals surface area contributed by atoms with Gasteiger partial charge in [0, 0.05) is 37.4 Å². The first-order valence-corrected chi connectivity index (χ1v) is 10.4. The molecule has 0 spiro atoms. The van der Waals surface area contributed by atoms with Crippen molar-refractivity contribution in [2.45, 2.75) is 32.7 Å². The second-order valence-electron chi connectivity index (χ2n) is 7.68. The molecule has 1 atom stereocenters. The fraction of sp³-hybridized carbons (Fsp3) is 0.455. The predicted molar refractivity (Wildman–Crippen MR) is 113 cm³/mol. The molecule has 0 unspecified atom stereocenters. The van der Waals surface area contributed by atoms with Gasteiger partial charge in [-0.3, -0.25) is 9.69 Å². The number of hydrogen-bond acceptors (Lipinski definition) is 6. The number of carbonyl (C=O) groups excluding carboxylic acids is 1. The van der Waals surface area contributed by atoms with Crippen LogP contribution in [0.5, 0.6) is 0 Å². The van der Waals surface area contributed by atoms with Crippen molar-refractivity contribution in [3.63, 3.8) is 0 Å². The van der Waals surface area contributed by atoms with E-state index in [9.17, 15) is 4.79 Å². The van der Waals surface area contributed by atoms with E-state index in [1.807, 2.05) is 32.0 Å². The molecule has 3 heterocycles. The summed E-state index contributed by atoms with van der Waals surface area (Å²) in [4.78, 5) is 23.9. The third-order valence-electron chi connectivity index (χ3n) is 5.67. The maximum absolute atomic E-state index is 12.9. The molecule has 0 bridgehead atoms. The smallest absolute Gasteiger partial charge is 0.252 e. The molecule has 1 aliphatic heterocycles. The molecule has 8 nitrogen and oxygen atoms in total. The monoisotopic (exact) mass is 408 g/mol. The summed E-state index contributed by atoms with van der Waals surface area (Å²) in [7, 11) is 0. The van der Waals surface area contributed by atoms with Gasteiger partial charge >= 0.3 is 0 Å². The average Bonchev–Trinajstić information content (AvgIpc) is 3.23. The van der Waals surface area contributed by atoms with Crippen LogP contribution in [0.2, 0.25) is 0 Å². The first-order valence-electron chi connectivity index (χ1n) is 10.4. The summed E-state index contributed by atoms with van der Waals surface area (Å²) in [5.41, 5.74) is 4.05. The molecule has 1 N–H and O–H groups in total. The Morgan fingerprint density at radius 2 is 1.97 bits per heavy atom. The Kier molecular flexibility index (Phi) is 6.35. The molecule has 2 aromatic heterocycles. The number of aryl methyl sites for hydroxylation is 2. The Labute approximate surface area is 176 Å². The maximum atomic E-state index is 12.9. The summed E-state index contributed by atoms with van der Waals surface area (Å²) in [6.07, 6.45) is 2.52. The van der Waals surface area contributed by atoms with Gasteiger partial charge in [-0.1, -0.05) is 30.3 Å². The Morgan fingerprint density at radius 3 is 2.73 bits per heavy atom. The normalized spacial score (nSPS) is 15.9. The molecule has 8 heteroatoms. The summed E-state index contributed by atoms with van der Waals surface area (Å²) in [5, 5.41) is 7.47. The zero-order valence-corrected chi connectivity index (χ0v) is 17.5. The van der Waals surface area contributed by atoms with Crippen LogP contribution in [0.1, 0.15) is 35.0 Å². The van der Waals surface area contributed by atoms with Gasteiger partial charge in [-0.15, -0.1) is 0 Å². The van der Waals surface area contributed by atoms with Crippen molar-refractivity contribution in [2.24, 2.45) is 0 Å². The summed E-state index contributed by atoms with van der Waals surface area (Å²) in [6.45, 7) is 8.00. The van der Waals surface area contributed by atoms with Gasteiger partial charge < -0.3 is 10.1 Å². The van der Waals surface area contributed by atoms with E-state index in [0.717, 1.165) is 55.4 Å². The molecule has 1 fully saturated rings. The van der Waals surface area contributed by atoms with E-state index in [0.29, 0.717) is 18.6 Å². The number of benzene rings is 1. The highest BCUT2D eigenvalue weighted by molar-refractivity contribution is 5.76. The third kappa shape index (κ3) is 4.66. The zero-order chi connectivity index (χ0) is 20.9. The van der Waals surface area contributed by atoms with Gasteiger partial charge in [0.1, 0.15) is 6.33 Å².